The quantitative estimate of drug-likeness (QED) is 0.603. The molecule has 8 heteroatoms. The number of carbonyl (C=O) groups excluding carboxylic acids is 3. The molecule has 0 spiro atoms. The molecule has 30 heavy (non-hydrogen) atoms. The largest absolute Gasteiger partial charge is 0.354 e. The summed E-state index contributed by atoms with van der Waals surface area (Å²) in [5.74, 6) is 0.362. The first kappa shape index (κ1) is 21.4. The zero-order valence-electron chi connectivity index (χ0n) is 18.4. The van der Waals surface area contributed by atoms with Gasteiger partial charge >= 0.3 is 6.03 Å². The summed E-state index contributed by atoms with van der Waals surface area (Å²) in [5, 5.41) is 8.96. The molecule has 4 aliphatic rings. The van der Waals surface area contributed by atoms with E-state index in [2.05, 4.69) is 20.9 Å². The van der Waals surface area contributed by atoms with E-state index in [0.717, 1.165) is 38.6 Å². The van der Waals surface area contributed by atoms with Crippen molar-refractivity contribution in [2.75, 3.05) is 19.6 Å². The molecule has 2 heterocycles. The zero-order valence-corrected chi connectivity index (χ0v) is 18.4. The van der Waals surface area contributed by atoms with Crippen LogP contribution in [0.15, 0.2) is 0 Å². The van der Waals surface area contributed by atoms with Crippen LogP contribution in [0.1, 0.15) is 65.2 Å². The van der Waals surface area contributed by atoms with Gasteiger partial charge in [0.1, 0.15) is 6.04 Å². The predicted molar refractivity (Wildman–Crippen MR) is 114 cm³/mol. The lowest BCUT2D eigenvalue weighted by Crippen LogP contribution is -2.65. The Hall–Kier alpha value is -1.83. The molecule has 4 rings (SSSR count). The van der Waals surface area contributed by atoms with Crippen LogP contribution in [-0.4, -0.2) is 77.5 Å². The number of hydrogen-bond acceptors (Lipinski definition) is 4. The molecule has 3 atom stereocenters. The zero-order chi connectivity index (χ0) is 21.3. The number of amides is 4. The maximum atomic E-state index is 13.5. The summed E-state index contributed by atoms with van der Waals surface area (Å²) in [4.78, 5) is 42.2. The van der Waals surface area contributed by atoms with E-state index in [-0.39, 0.29) is 47.9 Å². The van der Waals surface area contributed by atoms with Crippen molar-refractivity contribution in [1.29, 1.82) is 0 Å². The average Bonchev–Trinajstić information content (AvgIpc) is 3.48. The van der Waals surface area contributed by atoms with E-state index in [1.807, 2.05) is 18.7 Å². The Morgan fingerprint density at radius 2 is 1.77 bits per heavy atom. The number of nitrogens with one attached hydrogen (secondary N) is 3. The van der Waals surface area contributed by atoms with Gasteiger partial charge in [-0.25, -0.2) is 4.79 Å². The van der Waals surface area contributed by atoms with Crippen molar-refractivity contribution in [2.24, 2.45) is 5.92 Å². The maximum Gasteiger partial charge on any atom is 0.315 e. The molecule has 8 nitrogen and oxygen atoms in total. The lowest BCUT2D eigenvalue weighted by Gasteiger charge is -2.47. The molecule has 0 aromatic carbocycles. The highest BCUT2D eigenvalue weighted by atomic mass is 16.2. The molecule has 0 radical (unpaired) electrons. The van der Waals surface area contributed by atoms with E-state index in [1.165, 1.54) is 19.3 Å². The molecule has 168 valence electrons. The Labute approximate surface area is 179 Å². The second-order valence-electron chi connectivity index (χ2n) is 9.87. The van der Waals surface area contributed by atoms with Crippen molar-refractivity contribution in [2.45, 2.75) is 95.4 Å². The first-order chi connectivity index (χ1) is 14.4. The minimum atomic E-state index is -0.282. The summed E-state index contributed by atoms with van der Waals surface area (Å²) in [7, 11) is 0. The van der Waals surface area contributed by atoms with E-state index >= 15 is 0 Å². The average molecular weight is 420 g/mol. The third-order valence-electron chi connectivity index (χ3n) is 7.02. The highest BCUT2D eigenvalue weighted by Crippen LogP contribution is 2.32. The topological polar surface area (TPSA) is 93.8 Å². The van der Waals surface area contributed by atoms with E-state index in [1.54, 1.807) is 0 Å². The normalized spacial score (nSPS) is 30.3. The number of piperazine rings is 1. The fourth-order valence-corrected chi connectivity index (χ4v) is 5.37. The van der Waals surface area contributed by atoms with Crippen LogP contribution in [0.3, 0.4) is 0 Å². The minimum Gasteiger partial charge on any atom is -0.354 e. The molecule has 0 aromatic heterocycles. The van der Waals surface area contributed by atoms with Gasteiger partial charge in [-0.15, -0.1) is 0 Å². The number of nitrogens with zero attached hydrogens (tertiary/aromatic N) is 2. The van der Waals surface area contributed by atoms with Gasteiger partial charge in [0.2, 0.25) is 11.8 Å². The van der Waals surface area contributed by atoms with Crippen LogP contribution in [0.2, 0.25) is 0 Å². The molecular formula is C22H37N5O3. The summed E-state index contributed by atoms with van der Waals surface area (Å²) in [5.41, 5.74) is 0. The van der Waals surface area contributed by atoms with Gasteiger partial charge in [0.15, 0.2) is 0 Å². The molecule has 2 saturated carbocycles. The predicted octanol–water partition coefficient (Wildman–Crippen LogP) is 1.21. The van der Waals surface area contributed by atoms with Crippen LogP contribution in [-0.2, 0) is 9.59 Å². The van der Waals surface area contributed by atoms with Crippen LogP contribution in [0.4, 0.5) is 4.79 Å². The van der Waals surface area contributed by atoms with Gasteiger partial charge in [-0.3, -0.25) is 14.5 Å². The Balaban J connectivity index is 1.42. The number of carbonyl (C=O) groups is 3. The van der Waals surface area contributed by atoms with Crippen molar-refractivity contribution in [3.8, 4) is 0 Å². The minimum absolute atomic E-state index is 0.0225. The summed E-state index contributed by atoms with van der Waals surface area (Å²) < 4.78 is 0. The molecule has 2 saturated heterocycles. The van der Waals surface area contributed by atoms with E-state index in [0.29, 0.717) is 19.1 Å². The molecule has 0 bridgehead atoms. The summed E-state index contributed by atoms with van der Waals surface area (Å²) >= 11 is 0. The van der Waals surface area contributed by atoms with Crippen LogP contribution in [0.25, 0.3) is 0 Å². The molecule has 4 fully saturated rings. The first-order valence-electron chi connectivity index (χ1n) is 11.8. The SMILES string of the molecule is CC(C)NC(=O)N[C@H]1C[C@H]2CN(C3CCCCC3)[C@@H](CNC(=O)C3CC3)C(=O)N2C1. The van der Waals surface area contributed by atoms with Crippen LogP contribution in [0, 0.1) is 5.92 Å². The van der Waals surface area contributed by atoms with Gasteiger partial charge in [0.05, 0.1) is 6.04 Å². The Morgan fingerprint density at radius 3 is 2.43 bits per heavy atom. The van der Waals surface area contributed by atoms with Crippen molar-refractivity contribution in [3.63, 3.8) is 0 Å². The van der Waals surface area contributed by atoms with Gasteiger partial charge in [0, 0.05) is 43.7 Å². The standard InChI is InChI=1S/C22H37N5O3/c1-14(2)24-22(30)25-16-10-18-13-26(17-6-4-3-5-7-17)19(21(29)27(18)12-16)11-23-20(28)15-8-9-15/h14-19H,3-13H2,1-2H3,(H,23,28)(H2,24,25,30)/t16-,18-,19-/m0/s1. The second-order valence-corrected chi connectivity index (χ2v) is 9.87. The molecule has 4 amide bonds. The van der Waals surface area contributed by atoms with Gasteiger partial charge < -0.3 is 20.9 Å². The Bertz CT molecular complexity index is 659. The highest BCUT2D eigenvalue weighted by molar-refractivity contribution is 5.86. The van der Waals surface area contributed by atoms with E-state index < -0.39 is 0 Å². The lowest BCUT2D eigenvalue weighted by molar-refractivity contribution is -0.146. The second kappa shape index (κ2) is 9.12. The van der Waals surface area contributed by atoms with Crippen LogP contribution >= 0.6 is 0 Å². The van der Waals surface area contributed by atoms with E-state index in [9.17, 15) is 14.4 Å². The lowest BCUT2D eigenvalue weighted by atomic mass is 9.91. The highest BCUT2D eigenvalue weighted by Gasteiger charge is 2.47. The van der Waals surface area contributed by atoms with Crippen molar-refractivity contribution >= 4 is 17.8 Å². The smallest absolute Gasteiger partial charge is 0.315 e. The van der Waals surface area contributed by atoms with Crippen LogP contribution in [0.5, 0.6) is 0 Å². The van der Waals surface area contributed by atoms with Crippen molar-refractivity contribution < 1.29 is 14.4 Å². The molecular weight excluding hydrogens is 382 g/mol. The number of fused-ring (bicyclic) bond motifs is 1. The molecule has 2 aliphatic carbocycles. The first-order valence-corrected chi connectivity index (χ1v) is 11.8. The summed E-state index contributed by atoms with van der Waals surface area (Å²) in [6.07, 6.45) is 8.69. The van der Waals surface area contributed by atoms with Gasteiger partial charge in [-0.2, -0.15) is 0 Å². The Morgan fingerprint density at radius 1 is 1.03 bits per heavy atom. The summed E-state index contributed by atoms with van der Waals surface area (Å²) in [6, 6.07) is 0.167. The fourth-order valence-electron chi connectivity index (χ4n) is 5.37. The third-order valence-corrected chi connectivity index (χ3v) is 7.02. The molecule has 0 aromatic rings. The van der Waals surface area contributed by atoms with Gasteiger partial charge in [-0.05, 0) is 46.0 Å². The Kier molecular flexibility index (Phi) is 6.51. The van der Waals surface area contributed by atoms with Crippen molar-refractivity contribution in [1.82, 2.24) is 25.8 Å². The molecule has 0 unspecified atom stereocenters. The molecule has 2 aliphatic heterocycles. The van der Waals surface area contributed by atoms with E-state index in [4.69, 9.17) is 0 Å². The molecule has 3 N–H and O–H groups in total. The third kappa shape index (κ3) is 4.90. The summed E-state index contributed by atoms with van der Waals surface area (Å²) in [6.45, 7) is 5.66. The number of rotatable bonds is 6. The number of urea groups is 1. The van der Waals surface area contributed by atoms with Crippen LogP contribution < -0.4 is 16.0 Å². The van der Waals surface area contributed by atoms with Crippen molar-refractivity contribution in [3.05, 3.63) is 0 Å². The van der Waals surface area contributed by atoms with Gasteiger partial charge in [-0.1, -0.05) is 19.3 Å². The monoisotopic (exact) mass is 419 g/mol. The fraction of sp³-hybridized carbons (Fsp3) is 0.864. The number of hydrogen-bond donors (Lipinski definition) is 3. The van der Waals surface area contributed by atoms with Gasteiger partial charge in [0.25, 0.3) is 0 Å². The maximum absolute atomic E-state index is 13.5.